The molecular weight excluding hydrogens is 198 g/mol. The first-order chi connectivity index (χ1) is 7.66. The predicted molar refractivity (Wildman–Crippen MR) is 67.7 cm³/mol. The summed E-state index contributed by atoms with van der Waals surface area (Å²) in [5.41, 5.74) is 1.11. The molecule has 2 heteroatoms. The highest BCUT2D eigenvalue weighted by Crippen LogP contribution is 2.31. The van der Waals surface area contributed by atoms with Crippen LogP contribution in [0.25, 0.3) is 0 Å². The SMILES string of the molecule is CC1CCCC(C)C1Nc1ccc(O)cc1. The molecule has 1 saturated carbocycles. The lowest BCUT2D eigenvalue weighted by atomic mass is 9.78. The molecule has 1 aliphatic rings. The van der Waals surface area contributed by atoms with E-state index < -0.39 is 0 Å². The third kappa shape index (κ3) is 2.49. The van der Waals surface area contributed by atoms with Crippen LogP contribution in [0.2, 0.25) is 0 Å². The fraction of sp³-hybridized carbons (Fsp3) is 0.571. The molecule has 0 amide bonds. The Hall–Kier alpha value is -1.18. The molecule has 1 fully saturated rings. The maximum atomic E-state index is 9.24. The summed E-state index contributed by atoms with van der Waals surface area (Å²) in [6, 6.07) is 7.94. The number of hydrogen-bond donors (Lipinski definition) is 2. The van der Waals surface area contributed by atoms with Crippen LogP contribution in [0.15, 0.2) is 24.3 Å². The molecule has 2 unspecified atom stereocenters. The van der Waals surface area contributed by atoms with Gasteiger partial charge in [0.2, 0.25) is 0 Å². The number of benzene rings is 1. The summed E-state index contributed by atoms with van der Waals surface area (Å²) in [4.78, 5) is 0. The van der Waals surface area contributed by atoms with E-state index in [1.54, 1.807) is 12.1 Å². The maximum absolute atomic E-state index is 9.24. The molecule has 2 nitrogen and oxygen atoms in total. The normalized spacial score (nSPS) is 30.0. The predicted octanol–water partition coefficient (Wildman–Crippen LogP) is 3.63. The Kier molecular flexibility index (Phi) is 3.37. The third-order valence-corrected chi connectivity index (χ3v) is 3.75. The van der Waals surface area contributed by atoms with Gasteiger partial charge in [0.15, 0.2) is 0 Å². The smallest absolute Gasteiger partial charge is 0.115 e. The van der Waals surface area contributed by atoms with Gasteiger partial charge in [-0.15, -0.1) is 0 Å². The summed E-state index contributed by atoms with van der Waals surface area (Å²) < 4.78 is 0. The number of nitrogens with one attached hydrogen (secondary N) is 1. The van der Waals surface area contributed by atoms with Crippen LogP contribution in [-0.4, -0.2) is 11.1 Å². The molecule has 0 aromatic heterocycles. The lowest BCUT2D eigenvalue weighted by Crippen LogP contribution is -2.36. The van der Waals surface area contributed by atoms with Gasteiger partial charge < -0.3 is 10.4 Å². The van der Waals surface area contributed by atoms with E-state index in [1.165, 1.54) is 19.3 Å². The molecule has 0 spiro atoms. The summed E-state index contributed by atoms with van der Waals surface area (Å²) in [6.07, 6.45) is 4.00. The molecule has 16 heavy (non-hydrogen) atoms. The Morgan fingerprint density at radius 3 is 2.19 bits per heavy atom. The molecule has 0 bridgehead atoms. The van der Waals surface area contributed by atoms with E-state index in [2.05, 4.69) is 19.2 Å². The van der Waals surface area contributed by atoms with Crippen molar-refractivity contribution in [3.05, 3.63) is 24.3 Å². The van der Waals surface area contributed by atoms with Crippen LogP contribution in [-0.2, 0) is 0 Å². The summed E-state index contributed by atoms with van der Waals surface area (Å²) >= 11 is 0. The van der Waals surface area contributed by atoms with Crippen molar-refractivity contribution in [1.82, 2.24) is 0 Å². The minimum Gasteiger partial charge on any atom is -0.508 e. The molecule has 88 valence electrons. The van der Waals surface area contributed by atoms with Crippen LogP contribution >= 0.6 is 0 Å². The number of aromatic hydroxyl groups is 1. The maximum Gasteiger partial charge on any atom is 0.115 e. The molecule has 1 aromatic rings. The molecule has 0 aliphatic heterocycles. The molecule has 2 N–H and O–H groups in total. The standard InChI is InChI=1S/C14H21NO/c1-10-4-3-5-11(2)14(10)15-12-6-8-13(16)9-7-12/h6-11,14-16H,3-5H2,1-2H3. The highest BCUT2D eigenvalue weighted by atomic mass is 16.3. The lowest BCUT2D eigenvalue weighted by molar-refractivity contribution is 0.268. The van der Waals surface area contributed by atoms with Crippen molar-refractivity contribution >= 4 is 5.69 Å². The molecule has 0 heterocycles. The first-order valence-electron chi connectivity index (χ1n) is 6.22. The van der Waals surface area contributed by atoms with E-state index >= 15 is 0 Å². The van der Waals surface area contributed by atoms with E-state index in [1.807, 2.05) is 12.1 Å². The van der Waals surface area contributed by atoms with Crippen molar-refractivity contribution in [2.24, 2.45) is 11.8 Å². The van der Waals surface area contributed by atoms with Crippen LogP contribution in [0.3, 0.4) is 0 Å². The first-order valence-corrected chi connectivity index (χ1v) is 6.22. The summed E-state index contributed by atoms with van der Waals surface area (Å²) in [6.45, 7) is 4.65. The van der Waals surface area contributed by atoms with E-state index in [0.29, 0.717) is 11.8 Å². The Bertz CT molecular complexity index is 323. The first kappa shape index (κ1) is 11.3. The molecule has 1 aliphatic carbocycles. The zero-order valence-electron chi connectivity index (χ0n) is 10.1. The van der Waals surface area contributed by atoms with Gasteiger partial charge in [-0.25, -0.2) is 0 Å². The average Bonchev–Trinajstić information content (AvgIpc) is 2.26. The topological polar surface area (TPSA) is 32.3 Å². The van der Waals surface area contributed by atoms with Crippen molar-refractivity contribution in [1.29, 1.82) is 0 Å². The quantitative estimate of drug-likeness (QED) is 0.744. The Labute approximate surface area is 97.7 Å². The van der Waals surface area contributed by atoms with Crippen molar-refractivity contribution in [3.8, 4) is 5.75 Å². The largest absolute Gasteiger partial charge is 0.508 e. The van der Waals surface area contributed by atoms with E-state index in [-0.39, 0.29) is 0 Å². The Morgan fingerprint density at radius 1 is 1.06 bits per heavy atom. The lowest BCUT2D eigenvalue weighted by Gasteiger charge is -2.35. The van der Waals surface area contributed by atoms with Gasteiger partial charge in [0.05, 0.1) is 0 Å². The van der Waals surface area contributed by atoms with Gasteiger partial charge >= 0.3 is 0 Å². The number of rotatable bonds is 2. The van der Waals surface area contributed by atoms with Crippen LogP contribution in [0.1, 0.15) is 33.1 Å². The third-order valence-electron chi connectivity index (χ3n) is 3.75. The van der Waals surface area contributed by atoms with Crippen molar-refractivity contribution in [2.75, 3.05) is 5.32 Å². The molecule has 0 saturated heterocycles. The minimum atomic E-state index is 0.329. The summed E-state index contributed by atoms with van der Waals surface area (Å²) in [5, 5.41) is 12.8. The zero-order chi connectivity index (χ0) is 11.5. The van der Waals surface area contributed by atoms with Crippen molar-refractivity contribution in [3.63, 3.8) is 0 Å². The second kappa shape index (κ2) is 4.77. The van der Waals surface area contributed by atoms with Crippen molar-refractivity contribution < 1.29 is 5.11 Å². The van der Waals surface area contributed by atoms with Gasteiger partial charge in [-0.2, -0.15) is 0 Å². The molecule has 2 rings (SSSR count). The summed E-state index contributed by atoms with van der Waals surface area (Å²) in [5.74, 6) is 1.80. The van der Waals surface area contributed by atoms with E-state index in [4.69, 9.17) is 0 Å². The molecular formula is C14H21NO. The van der Waals surface area contributed by atoms with Gasteiger partial charge in [0.1, 0.15) is 5.75 Å². The van der Waals surface area contributed by atoms with Crippen molar-refractivity contribution in [2.45, 2.75) is 39.2 Å². The van der Waals surface area contributed by atoms with Crippen LogP contribution in [0.5, 0.6) is 5.75 Å². The molecule has 0 radical (unpaired) electrons. The second-order valence-electron chi connectivity index (χ2n) is 5.10. The van der Waals surface area contributed by atoms with Gasteiger partial charge in [-0.1, -0.05) is 20.3 Å². The highest BCUT2D eigenvalue weighted by molar-refractivity contribution is 5.47. The molecule has 1 aromatic carbocycles. The van der Waals surface area contributed by atoms with Gasteiger partial charge in [0.25, 0.3) is 0 Å². The fourth-order valence-electron chi connectivity index (χ4n) is 2.72. The zero-order valence-corrected chi connectivity index (χ0v) is 10.1. The van der Waals surface area contributed by atoms with Gasteiger partial charge in [-0.05, 0) is 48.9 Å². The van der Waals surface area contributed by atoms with Crippen LogP contribution < -0.4 is 5.32 Å². The van der Waals surface area contributed by atoms with Gasteiger partial charge in [-0.3, -0.25) is 0 Å². The minimum absolute atomic E-state index is 0.329. The Balaban J connectivity index is 2.04. The van der Waals surface area contributed by atoms with Crippen LogP contribution in [0, 0.1) is 11.8 Å². The van der Waals surface area contributed by atoms with E-state index in [0.717, 1.165) is 17.5 Å². The van der Waals surface area contributed by atoms with Gasteiger partial charge in [0, 0.05) is 11.7 Å². The molecule has 2 atom stereocenters. The highest BCUT2D eigenvalue weighted by Gasteiger charge is 2.27. The Morgan fingerprint density at radius 2 is 1.62 bits per heavy atom. The van der Waals surface area contributed by atoms with Crippen LogP contribution in [0.4, 0.5) is 5.69 Å². The van der Waals surface area contributed by atoms with E-state index in [9.17, 15) is 5.11 Å². The number of hydrogen-bond acceptors (Lipinski definition) is 2. The summed E-state index contributed by atoms with van der Waals surface area (Å²) in [7, 11) is 0. The average molecular weight is 219 g/mol. The fourth-order valence-corrected chi connectivity index (χ4v) is 2.72. The second-order valence-corrected chi connectivity index (χ2v) is 5.10. The number of phenolic OH excluding ortho intramolecular Hbond substituents is 1. The number of anilines is 1. The number of phenols is 1. The monoisotopic (exact) mass is 219 g/mol.